The Morgan fingerprint density at radius 1 is 1.13 bits per heavy atom. The highest BCUT2D eigenvalue weighted by molar-refractivity contribution is 5.91. The summed E-state index contributed by atoms with van der Waals surface area (Å²) in [6.07, 6.45) is -2.12. The highest BCUT2D eigenvalue weighted by atomic mass is 19.4. The normalized spacial score (nSPS) is 19.4. The molecule has 1 fully saturated rings. The number of nitrogens with one attached hydrogen (secondary N) is 2. The third-order valence-corrected chi connectivity index (χ3v) is 5.48. The average Bonchev–Trinajstić information content (AvgIpc) is 3.18. The smallest absolute Gasteiger partial charge is 0.391 e. The van der Waals surface area contributed by atoms with Gasteiger partial charge < -0.3 is 14.8 Å². The van der Waals surface area contributed by atoms with E-state index in [1.54, 1.807) is 26.4 Å². The number of carbonyl (C=O) groups is 1. The monoisotopic (exact) mass is 425 g/mol. The maximum atomic E-state index is 13.0. The molecule has 1 saturated carbocycles. The molecule has 164 valence electrons. The van der Waals surface area contributed by atoms with E-state index in [0.29, 0.717) is 43.0 Å². The summed E-state index contributed by atoms with van der Waals surface area (Å²) in [7, 11) is 3.18. The van der Waals surface area contributed by atoms with Gasteiger partial charge in [0.25, 0.3) is 0 Å². The number of aromatic nitrogens is 2. The highest BCUT2D eigenvalue weighted by Crippen LogP contribution is 2.40. The van der Waals surface area contributed by atoms with Crippen molar-refractivity contribution in [2.24, 2.45) is 11.8 Å². The molecule has 1 heterocycles. The summed E-state index contributed by atoms with van der Waals surface area (Å²) in [6, 6.07) is 7.34. The van der Waals surface area contributed by atoms with Gasteiger partial charge in [-0.3, -0.25) is 9.89 Å². The largest absolute Gasteiger partial charge is 0.497 e. The Balaban J connectivity index is 1.56. The number of aryl methyl sites for hydroxylation is 2. The molecule has 1 aromatic carbocycles. The number of ether oxygens (including phenoxy) is 2. The maximum absolute atomic E-state index is 13.0. The minimum absolute atomic E-state index is 0.0922. The third-order valence-electron chi connectivity index (χ3n) is 5.48. The van der Waals surface area contributed by atoms with E-state index in [0.717, 1.165) is 11.3 Å². The summed E-state index contributed by atoms with van der Waals surface area (Å²) in [4.78, 5) is 12.4. The molecule has 0 aliphatic heterocycles. The Hall–Kier alpha value is -2.71. The third kappa shape index (κ3) is 5.67. The number of hydrogen-bond acceptors (Lipinski definition) is 4. The molecular formula is C21H26F3N3O3. The molecule has 2 N–H and O–H groups in total. The van der Waals surface area contributed by atoms with E-state index < -0.39 is 23.9 Å². The molecule has 1 aromatic heterocycles. The summed E-state index contributed by atoms with van der Waals surface area (Å²) in [5, 5.41) is 9.59. The lowest BCUT2D eigenvalue weighted by Gasteiger charge is -2.29. The molecule has 3 rings (SSSR count). The second-order valence-electron chi connectivity index (χ2n) is 7.59. The van der Waals surface area contributed by atoms with Gasteiger partial charge in [-0.1, -0.05) is 6.42 Å². The fourth-order valence-corrected chi connectivity index (χ4v) is 3.80. The van der Waals surface area contributed by atoms with Crippen LogP contribution in [0.3, 0.4) is 0 Å². The molecule has 2 aromatic rings. The van der Waals surface area contributed by atoms with Gasteiger partial charge in [0.15, 0.2) is 5.82 Å². The van der Waals surface area contributed by atoms with Crippen molar-refractivity contribution < 1.29 is 27.4 Å². The predicted molar refractivity (Wildman–Crippen MR) is 106 cm³/mol. The Kier molecular flexibility index (Phi) is 6.89. The number of halogens is 3. The van der Waals surface area contributed by atoms with Crippen LogP contribution in [0.4, 0.5) is 19.0 Å². The molecule has 2 unspecified atom stereocenters. The SMILES string of the molecule is COc1cc(CCc2cc(NC(=O)C3CCCC(C(F)(F)F)C3)n[nH]2)cc(OC)c1. The fraction of sp³-hybridized carbons (Fsp3) is 0.524. The number of methoxy groups -OCH3 is 2. The molecule has 1 aliphatic carbocycles. The summed E-state index contributed by atoms with van der Waals surface area (Å²) in [5.74, 6) is -0.726. The summed E-state index contributed by atoms with van der Waals surface area (Å²) in [5.41, 5.74) is 1.83. The lowest BCUT2D eigenvalue weighted by molar-refractivity contribution is -0.185. The van der Waals surface area contributed by atoms with Crippen molar-refractivity contribution in [2.45, 2.75) is 44.7 Å². The summed E-state index contributed by atoms with van der Waals surface area (Å²) in [6.45, 7) is 0. The van der Waals surface area contributed by atoms with Gasteiger partial charge in [-0.15, -0.1) is 0 Å². The number of benzene rings is 1. The van der Waals surface area contributed by atoms with E-state index in [1.807, 2.05) is 12.1 Å². The van der Waals surface area contributed by atoms with Crippen LogP contribution >= 0.6 is 0 Å². The van der Waals surface area contributed by atoms with Crippen molar-refractivity contribution in [3.63, 3.8) is 0 Å². The second kappa shape index (κ2) is 9.40. The number of aromatic amines is 1. The van der Waals surface area contributed by atoms with Crippen molar-refractivity contribution in [3.8, 4) is 11.5 Å². The van der Waals surface area contributed by atoms with E-state index in [2.05, 4.69) is 15.5 Å². The van der Waals surface area contributed by atoms with Crippen LogP contribution in [0.5, 0.6) is 11.5 Å². The van der Waals surface area contributed by atoms with E-state index in [-0.39, 0.29) is 12.8 Å². The van der Waals surface area contributed by atoms with E-state index in [9.17, 15) is 18.0 Å². The Morgan fingerprint density at radius 3 is 2.47 bits per heavy atom. The quantitative estimate of drug-likeness (QED) is 0.684. The van der Waals surface area contributed by atoms with Gasteiger partial charge in [-0.2, -0.15) is 18.3 Å². The molecule has 1 amide bonds. The maximum Gasteiger partial charge on any atom is 0.391 e. The van der Waals surface area contributed by atoms with Crippen molar-refractivity contribution >= 4 is 11.7 Å². The van der Waals surface area contributed by atoms with Gasteiger partial charge in [0.05, 0.1) is 20.1 Å². The topological polar surface area (TPSA) is 76.2 Å². The molecule has 9 heteroatoms. The first kappa shape index (κ1) is 22.0. The van der Waals surface area contributed by atoms with Crippen molar-refractivity contribution in [3.05, 3.63) is 35.5 Å². The molecule has 0 bridgehead atoms. The van der Waals surface area contributed by atoms with Gasteiger partial charge in [-0.25, -0.2) is 0 Å². The van der Waals surface area contributed by atoms with Gasteiger partial charge in [0.2, 0.25) is 5.91 Å². The molecular weight excluding hydrogens is 399 g/mol. The van der Waals surface area contributed by atoms with E-state index >= 15 is 0 Å². The van der Waals surface area contributed by atoms with Crippen LogP contribution in [0.1, 0.15) is 36.9 Å². The molecule has 1 aliphatic rings. The van der Waals surface area contributed by atoms with Gasteiger partial charge in [0.1, 0.15) is 11.5 Å². The number of alkyl halides is 3. The number of nitrogens with zero attached hydrogens (tertiary/aromatic N) is 1. The number of amides is 1. The van der Waals surface area contributed by atoms with Crippen LogP contribution in [-0.2, 0) is 17.6 Å². The Bertz CT molecular complexity index is 844. The van der Waals surface area contributed by atoms with Crippen LogP contribution in [0.2, 0.25) is 0 Å². The molecule has 0 radical (unpaired) electrons. The number of carbonyl (C=O) groups excluding carboxylic acids is 1. The zero-order valence-electron chi connectivity index (χ0n) is 17.0. The van der Waals surface area contributed by atoms with Crippen molar-refractivity contribution in [1.29, 1.82) is 0 Å². The van der Waals surface area contributed by atoms with E-state index in [1.165, 1.54) is 0 Å². The van der Waals surface area contributed by atoms with Gasteiger partial charge >= 0.3 is 6.18 Å². The Labute approximate surface area is 173 Å². The summed E-state index contributed by atoms with van der Waals surface area (Å²) >= 11 is 0. The molecule has 0 spiro atoms. The molecule has 2 atom stereocenters. The number of rotatable bonds is 7. The molecule has 30 heavy (non-hydrogen) atoms. The number of anilines is 1. The van der Waals surface area contributed by atoms with Crippen LogP contribution in [0.25, 0.3) is 0 Å². The average molecular weight is 425 g/mol. The Morgan fingerprint density at radius 2 is 1.83 bits per heavy atom. The van der Waals surface area contributed by atoms with Crippen LogP contribution in [-0.4, -0.2) is 36.5 Å². The fourth-order valence-electron chi connectivity index (χ4n) is 3.80. The first-order valence-corrected chi connectivity index (χ1v) is 9.92. The first-order valence-electron chi connectivity index (χ1n) is 9.92. The van der Waals surface area contributed by atoms with Crippen molar-refractivity contribution in [1.82, 2.24) is 10.2 Å². The van der Waals surface area contributed by atoms with Gasteiger partial charge in [-0.05, 0) is 49.8 Å². The van der Waals surface area contributed by atoms with E-state index in [4.69, 9.17) is 9.47 Å². The second-order valence-corrected chi connectivity index (χ2v) is 7.59. The molecule has 0 saturated heterocycles. The lowest BCUT2D eigenvalue weighted by atomic mass is 9.80. The number of H-pyrrole nitrogens is 1. The minimum atomic E-state index is -4.25. The first-order chi connectivity index (χ1) is 14.3. The highest BCUT2D eigenvalue weighted by Gasteiger charge is 2.43. The van der Waals surface area contributed by atoms with Crippen molar-refractivity contribution in [2.75, 3.05) is 19.5 Å². The summed E-state index contributed by atoms with van der Waals surface area (Å²) < 4.78 is 49.4. The minimum Gasteiger partial charge on any atom is -0.497 e. The van der Waals surface area contributed by atoms with Gasteiger partial charge in [0, 0.05) is 23.7 Å². The van der Waals surface area contributed by atoms with Crippen LogP contribution in [0, 0.1) is 11.8 Å². The van der Waals surface area contributed by atoms with Crippen LogP contribution < -0.4 is 14.8 Å². The zero-order valence-corrected chi connectivity index (χ0v) is 17.0. The zero-order chi connectivity index (χ0) is 21.7. The number of hydrogen-bond donors (Lipinski definition) is 2. The van der Waals surface area contributed by atoms with Crippen LogP contribution in [0.15, 0.2) is 24.3 Å². The predicted octanol–water partition coefficient (Wildman–Crippen LogP) is 4.52. The molecule has 6 nitrogen and oxygen atoms in total. The standard InChI is InChI=1S/C21H26F3N3O3/c1-29-17-8-13(9-18(12-17)30-2)6-7-16-11-19(27-26-16)25-20(28)14-4-3-5-15(10-14)21(22,23)24/h8-9,11-12,14-15H,3-7,10H2,1-2H3,(H2,25,26,27,28). The lowest BCUT2D eigenvalue weighted by Crippen LogP contribution is -2.34.